The van der Waals surface area contributed by atoms with Gasteiger partial charge in [-0.15, -0.1) is 11.3 Å². The molecule has 0 aromatic carbocycles. The minimum atomic E-state index is -3.58. The van der Waals surface area contributed by atoms with Gasteiger partial charge in [-0.3, -0.25) is 0 Å². The van der Waals surface area contributed by atoms with Gasteiger partial charge >= 0.3 is 0 Å². The molecule has 1 fully saturated rings. The highest BCUT2D eigenvalue weighted by molar-refractivity contribution is 7.91. The molecule has 98 valence electrons. The smallest absolute Gasteiger partial charge is 0.252 e. The van der Waals surface area contributed by atoms with Crippen LogP contribution in [0.1, 0.15) is 18.2 Å². The fourth-order valence-corrected chi connectivity index (χ4v) is 5.14. The molecular weight excluding hydrogens is 272 g/mol. The summed E-state index contributed by atoms with van der Waals surface area (Å²) >= 11 is 0.968. The maximum atomic E-state index is 12.4. The predicted octanol–water partition coefficient (Wildman–Crippen LogP) is 1.01. The summed E-state index contributed by atoms with van der Waals surface area (Å²) in [5.41, 5.74) is 0. The second-order valence-electron chi connectivity index (χ2n) is 4.36. The molecule has 0 aliphatic carbocycles. The highest BCUT2D eigenvalue weighted by atomic mass is 32.2. The van der Waals surface area contributed by atoms with Gasteiger partial charge in [0.2, 0.25) is 0 Å². The number of hydrogen-bond donors (Lipinski definition) is 1. The van der Waals surface area contributed by atoms with Crippen LogP contribution in [0.15, 0.2) is 16.3 Å². The van der Waals surface area contributed by atoms with Gasteiger partial charge in [-0.05, 0) is 24.5 Å². The van der Waals surface area contributed by atoms with E-state index in [9.17, 15) is 13.5 Å². The minimum Gasteiger partial charge on any atom is -0.395 e. The lowest BCUT2D eigenvalue weighted by molar-refractivity contribution is 0.191. The van der Waals surface area contributed by atoms with Crippen molar-refractivity contribution in [3.05, 3.63) is 17.0 Å². The Balaban J connectivity index is 2.34. The van der Waals surface area contributed by atoms with Gasteiger partial charge in [0, 0.05) is 6.54 Å². The number of thiophene rings is 1. The van der Waals surface area contributed by atoms with Crippen LogP contribution in [0.2, 0.25) is 0 Å². The van der Waals surface area contributed by atoms with E-state index in [-0.39, 0.29) is 22.8 Å². The topological polar surface area (TPSA) is 81.4 Å². The van der Waals surface area contributed by atoms with Gasteiger partial charge in [-0.1, -0.05) is 6.92 Å². The highest BCUT2D eigenvalue weighted by Gasteiger charge is 2.39. The summed E-state index contributed by atoms with van der Waals surface area (Å²) in [6, 6.07) is 4.53. The lowest BCUT2D eigenvalue weighted by Gasteiger charge is -2.23. The molecule has 2 heterocycles. The zero-order valence-electron chi connectivity index (χ0n) is 9.91. The van der Waals surface area contributed by atoms with E-state index in [1.807, 2.05) is 13.0 Å². The molecule has 2 atom stereocenters. The molecule has 1 aliphatic heterocycles. The number of nitriles is 1. The molecule has 1 aromatic heterocycles. The van der Waals surface area contributed by atoms with E-state index in [0.29, 0.717) is 11.4 Å². The summed E-state index contributed by atoms with van der Waals surface area (Å²) in [7, 11) is -3.58. The Bertz CT molecular complexity index is 573. The van der Waals surface area contributed by atoms with Crippen LogP contribution in [-0.2, 0) is 10.0 Å². The van der Waals surface area contributed by atoms with Gasteiger partial charge in [0.1, 0.15) is 15.2 Å². The number of hydrogen-bond acceptors (Lipinski definition) is 5. The Morgan fingerprint density at radius 2 is 2.33 bits per heavy atom. The maximum absolute atomic E-state index is 12.4. The third-order valence-electron chi connectivity index (χ3n) is 3.27. The third kappa shape index (κ3) is 2.17. The van der Waals surface area contributed by atoms with E-state index in [2.05, 4.69) is 0 Å². The maximum Gasteiger partial charge on any atom is 0.252 e. The molecule has 1 aliphatic rings. The van der Waals surface area contributed by atoms with Crippen molar-refractivity contribution in [1.82, 2.24) is 4.31 Å². The van der Waals surface area contributed by atoms with Crippen LogP contribution in [0.5, 0.6) is 0 Å². The summed E-state index contributed by atoms with van der Waals surface area (Å²) in [6.45, 7) is 2.19. The number of nitrogens with zero attached hydrogens (tertiary/aromatic N) is 2. The van der Waals surface area contributed by atoms with E-state index >= 15 is 0 Å². The zero-order chi connectivity index (χ0) is 13.3. The predicted molar refractivity (Wildman–Crippen MR) is 67.6 cm³/mol. The van der Waals surface area contributed by atoms with Crippen LogP contribution < -0.4 is 0 Å². The zero-order valence-corrected chi connectivity index (χ0v) is 11.5. The quantitative estimate of drug-likeness (QED) is 0.899. The summed E-state index contributed by atoms with van der Waals surface area (Å²) in [4.78, 5) is 0.376. The summed E-state index contributed by atoms with van der Waals surface area (Å²) < 4.78 is 26.3. The molecule has 0 amide bonds. The van der Waals surface area contributed by atoms with Crippen LogP contribution in [0, 0.1) is 17.2 Å². The van der Waals surface area contributed by atoms with Crippen molar-refractivity contribution in [3.63, 3.8) is 0 Å². The SMILES string of the molecule is CC1CCN(S(=O)(=O)c2ccc(C#N)s2)C1CO. The van der Waals surface area contributed by atoms with E-state index in [4.69, 9.17) is 5.26 Å². The second kappa shape index (κ2) is 4.97. The van der Waals surface area contributed by atoms with E-state index < -0.39 is 10.0 Å². The number of sulfonamides is 1. The molecule has 1 aromatic rings. The van der Waals surface area contributed by atoms with Crippen molar-refractivity contribution in [2.45, 2.75) is 23.6 Å². The summed E-state index contributed by atoms with van der Waals surface area (Å²) in [5, 5.41) is 18.0. The molecular formula is C11H14N2O3S2. The molecule has 0 spiro atoms. The normalized spacial score (nSPS) is 25.2. The average Bonchev–Trinajstić information content (AvgIpc) is 2.95. The fraction of sp³-hybridized carbons (Fsp3) is 0.545. The van der Waals surface area contributed by atoms with Crippen molar-refractivity contribution in [3.8, 4) is 6.07 Å². The first kappa shape index (κ1) is 13.5. The molecule has 2 unspecified atom stereocenters. The Morgan fingerprint density at radius 3 is 2.89 bits per heavy atom. The summed E-state index contributed by atoms with van der Waals surface area (Å²) in [6.07, 6.45) is 0.751. The van der Waals surface area contributed by atoms with E-state index in [1.165, 1.54) is 16.4 Å². The Kier molecular flexibility index (Phi) is 3.73. The van der Waals surface area contributed by atoms with Crippen LogP contribution in [0.3, 0.4) is 0 Å². The monoisotopic (exact) mass is 286 g/mol. The van der Waals surface area contributed by atoms with Gasteiger partial charge in [0.05, 0.1) is 12.6 Å². The van der Waals surface area contributed by atoms with E-state index in [0.717, 1.165) is 17.8 Å². The number of aliphatic hydroxyl groups is 1. The minimum absolute atomic E-state index is 0.153. The second-order valence-corrected chi connectivity index (χ2v) is 7.56. The average molecular weight is 286 g/mol. The Hall–Kier alpha value is -0.940. The van der Waals surface area contributed by atoms with Gasteiger partial charge in [-0.25, -0.2) is 8.42 Å². The Morgan fingerprint density at radius 1 is 1.61 bits per heavy atom. The molecule has 0 radical (unpaired) electrons. The highest BCUT2D eigenvalue weighted by Crippen LogP contribution is 2.32. The van der Waals surface area contributed by atoms with Crippen molar-refractivity contribution in [2.24, 2.45) is 5.92 Å². The first-order chi connectivity index (χ1) is 8.50. The lowest BCUT2D eigenvalue weighted by Crippen LogP contribution is -2.39. The van der Waals surface area contributed by atoms with Crippen molar-refractivity contribution in [1.29, 1.82) is 5.26 Å². The summed E-state index contributed by atoms with van der Waals surface area (Å²) in [5.74, 6) is 0.153. The van der Waals surface area contributed by atoms with Gasteiger partial charge < -0.3 is 5.11 Å². The standard InChI is InChI=1S/C11H14N2O3S2/c1-8-4-5-13(10(8)7-14)18(15,16)11-3-2-9(6-12)17-11/h2-3,8,10,14H,4-5,7H2,1H3. The number of aliphatic hydroxyl groups excluding tert-OH is 1. The molecule has 18 heavy (non-hydrogen) atoms. The van der Waals surface area contributed by atoms with Crippen molar-refractivity contribution >= 4 is 21.4 Å². The van der Waals surface area contributed by atoms with Gasteiger partial charge in [0.25, 0.3) is 10.0 Å². The number of rotatable bonds is 3. The largest absolute Gasteiger partial charge is 0.395 e. The molecule has 0 bridgehead atoms. The van der Waals surface area contributed by atoms with Gasteiger partial charge in [-0.2, -0.15) is 9.57 Å². The van der Waals surface area contributed by atoms with Crippen LogP contribution in [0.25, 0.3) is 0 Å². The molecule has 0 saturated carbocycles. The first-order valence-electron chi connectivity index (χ1n) is 5.63. The molecule has 1 N–H and O–H groups in total. The van der Waals surface area contributed by atoms with Crippen LogP contribution in [0.4, 0.5) is 0 Å². The van der Waals surface area contributed by atoms with Crippen molar-refractivity contribution < 1.29 is 13.5 Å². The third-order valence-corrected chi connectivity index (χ3v) is 6.65. The molecule has 7 heteroatoms. The lowest BCUT2D eigenvalue weighted by atomic mass is 10.0. The molecule has 1 saturated heterocycles. The van der Waals surface area contributed by atoms with Gasteiger partial charge in [0.15, 0.2) is 0 Å². The van der Waals surface area contributed by atoms with Crippen LogP contribution >= 0.6 is 11.3 Å². The fourth-order valence-electron chi connectivity index (χ4n) is 2.18. The van der Waals surface area contributed by atoms with E-state index in [1.54, 1.807) is 0 Å². The Labute approximate surface area is 110 Å². The molecule has 2 rings (SSSR count). The first-order valence-corrected chi connectivity index (χ1v) is 7.89. The molecule has 5 nitrogen and oxygen atoms in total. The van der Waals surface area contributed by atoms with Crippen molar-refractivity contribution in [2.75, 3.05) is 13.2 Å². The van der Waals surface area contributed by atoms with Crippen LogP contribution in [-0.4, -0.2) is 37.0 Å².